The fraction of sp³-hybridized carbons (Fsp3) is 0.381. The van der Waals surface area contributed by atoms with Gasteiger partial charge in [0.15, 0.2) is 0 Å². The predicted molar refractivity (Wildman–Crippen MR) is 97.7 cm³/mol. The van der Waals surface area contributed by atoms with E-state index >= 15 is 0 Å². The van der Waals surface area contributed by atoms with Crippen molar-refractivity contribution in [2.75, 3.05) is 25.0 Å². The second-order valence-corrected chi connectivity index (χ2v) is 7.01. The largest absolute Gasteiger partial charge is 0.306 e. The molecule has 1 fully saturated rings. The van der Waals surface area contributed by atoms with Gasteiger partial charge in [-0.1, -0.05) is 36.4 Å². The van der Waals surface area contributed by atoms with Gasteiger partial charge in [0.2, 0.25) is 5.91 Å². The molecule has 0 aliphatic carbocycles. The number of hydrogen-bond donors (Lipinski definition) is 0. The quantitative estimate of drug-likeness (QED) is 0.798. The van der Waals surface area contributed by atoms with E-state index < -0.39 is 0 Å². The zero-order chi connectivity index (χ0) is 16.5. The molecule has 2 aromatic rings. The third-order valence-electron chi connectivity index (χ3n) is 5.42. The fourth-order valence-electron chi connectivity index (χ4n) is 3.96. The summed E-state index contributed by atoms with van der Waals surface area (Å²) in [4.78, 5) is 17.8. The van der Waals surface area contributed by atoms with Gasteiger partial charge in [-0.15, -0.1) is 0 Å². The van der Waals surface area contributed by atoms with Gasteiger partial charge in [0.25, 0.3) is 0 Å². The first-order chi connectivity index (χ1) is 11.7. The number of hydrogen-bond acceptors (Lipinski definition) is 2. The molecule has 0 N–H and O–H groups in total. The molecule has 2 aromatic carbocycles. The van der Waals surface area contributed by atoms with Crippen molar-refractivity contribution >= 4 is 17.3 Å². The van der Waals surface area contributed by atoms with E-state index in [9.17, 15) is 4.79 Å². The fourth-order valence-corrected chi connectivity index (χ4v) is 3.96. The van der Waals surface area contributed by atoms with Gasteiger partial charge in [-0.3, -0.25) is 9.69 Å². The minimum atomic E-state index is 0.125. The molecule has 0 bridgehead atoms. The highest BCUT2D eigenvalue weighted by atomic mass is 16.2. The van der Waals surface area contributed by atoms with Gasteiger partial charge in [-0.05, 0) is 69.1 Å². The van der Waals surface area contributed by atoms with Gasteiger partial charge in [0.05, 0.1) is 11.4 Å². The molecule has 24 heavy (non-hydrogen) atoms. The standard InChI is InChI=1S/C21H24N2O/c1-22-14-12-18(13-15-22)21(24)23-19-8-4-2-6-16(19)10-11-17-7-3-5-9-20(17)23/h2-9,18H,10-15H2,1H3. The van der Waals surface area contributed by atoms with Crippen LogP contribution in [-0.4, -0.2) is 30.9 Å². The maximum atomic E-state index is 13.4. The average molecular weight is 320 g/mol. The minimum absolute atomic E-state index is 0.125. The lowest BCUT2D eigenvalue weighted by Gasteiger charge is -2.33. The van der Waals surface area contributed by atoms with Gasteiger partial charge in [0.1, 0.15) is 0 Å². The summed E-state index contributed by atoms with van der Waals surface area (Å²) in [6.45, 7) is 2.01. The Morgan fingerprint density at radius 1 is 0.875 bits per heavy atom. The summed E-state index contributed by atoms with van der Waals surface area (Å²) in [5.74, 6) is 0.394. The molecule has 1 saturated heterocycles. The number of rotatable bonds is 1. The van der Waals surface area contributed by atoms with Gasteiger partial charge in [-0.25, -0.2) is 0 Å². The molecule has 4 rings (SSSR count). The Hall–Kier alpha value is -2.13. The van der Waals surface area contributed by atoms with Gasteiger partial charge in [-0.2, -0.15) is 0 Å². The Kier molecular flexibility index (Phi) is 4.11. The lowest BCUT2D eigenvalue weighted by Crippen LogP contribution is -2.40. The molecule has 0 spiro atoms. The molecule has 0 aromatic heterocycles. The van der Waals surface area contributed by atoms with Crippen LogP contribution in [0.2, 0.25) is 0 Å². The third kappa shape index (κ3) is 2.73. The van der Waals surface area contributed by atoms with Crippen molar-refractivity contribution in [1.29, 1.82) is 0 Å². The van der Waals surface area contributed by atoms with E-state index in [1.807, 2.05) is 17.0 Å². The summed E-state index contributed by atoms with van der Waals surface area (Å²) >= 11 is 0. The molecule has 3 nitrogen and oxygen atoms in total. The molecule has 1 amide bonds. The van der Waals surface area contributed by atoms with Crippen LogP contribution in [0, 0.1) is 5.92 Å². The van der Waals surface area contributed by atoms with Crippen molar-refractivity contribution in [3.05, 3.63) is 59.7 Å². The van der Waals surface area contributed by atoms with Crippen molar-refractivity contribution in [3.63, 3.8) is 0 Å². The number of aryl methyl sites for hydroxylation is 2. The van der Waals surface area contributed by atoms with Crippen molar-refractivity contribution in [2.24, 2.45) is 5.92 Å². The predicted octanol–water partition coefficient (Wildman–Crippen LogP) is 3.79. The Bertz CT molecular complexity index is 700. The lowest BCUT2D eigenvalue weighted by molar-refractivity contribution is -0.122. The van der Waals surface area contributed by atoms with E-state index in [1.54, 1.807) is 0 Å². The number of amides is 1. The number of benzene rings is 2. The number of likely N-dealkylation sites (tertiary alicyclic amines) is 1. The van der Waals surface area contributed by atoms with E-state index in [2.05, 4.69) is 48.3 Å². The van der Waals surface area contributed by atoms with Gasteiger partial charge >= 0.3 is 0 Å². The summed E-state index contributed by atoms with van der Waals surface area (Å²) in [5, 5.41) is 0. The van der Waals surface area contributed by atoms with Gasteiger partial charge < -0.3 is 4.90 Å². The van der Waals surface area contributed by atoms with Crippen LogP contribution in [-0.2, 0) is 17.6 Å². The molecule has 124 valence electrons. The van der Waals surface area contributed by atoms with E-state index in [0.29, 0.717) is 0 Å². The van der Waals surface area contributed by atoms with Crippen LogP contribution < -0.4 is 4.90 Å². The average Bonchev–Trinajstić information content (AvgIpc) is 2.79. The van der Waals surface area contributed by atoms with Crippen molar-refractivity contribution in [1.82, 2.24) is 4.90 Å². The molecule has 3 heteroatoms. The summed E-state index contributed by atoms with van der Waals surface area (Å²) < 4.78 is 0. The highest BCUT2D eigenvalue weighted by Crippen LogP contribution is 2.38. The molecule has 0 atom stereocenters. The number of piperidine rings is 1. The maximum Gasteiger partial charge on any atom is 0.234 e. The van der Waals surface area contributed by atoms with Crippen LogP contribution in [0.3, 0.4) is 0 Å². The second kappa shape index (κ2) is 6.40. The first-order valence-electron chi connectivity index (χ1n) is 8.92. The SMILES string of the molecule is CN1CCC(C(=O)N2c3ccccc3CCc3ccccc32)CC1. The Morgan fingerprint density at radius 3 is 1.92 bits per heavy atom. The Balaban J connectivity index is 1.77. The smallest absolute Gasteiger partial charge is 0.234 e. The summed E-state index contributed by atoms with van der Waals surface area (Å²) in [7, 11) is 2.14. The maximum absolute atomic E-state index is 13.4. The monoisotopic (exact) mass is 320 g/mol. The number of carbonyl (C=O) groups is 1. The number of para-hydroxylation sites is 2. The zero-order valence-electron chi connectivity index (χ0n) is 14.2. The normalized spacial score (nSPS) is 18.6. The van der Waals surface area contributed by atoms with E-state index in [0.717, 1.165) is 50.1 Å². The molecule has 2 heterocycles. The second-order valence-electron chi connectivity index (χ2n) is 7.01. The Morgan fingerprint density at radius 2 is 1.38 bits per heavy atom. The molecule has 0 radical (unpaired) electrons. The van der Waals surface area contributed by atoms with Crippen molar-refractivity contribution in [3.8, 4) is 0 Å². The highest BCUT2D eigenvalue weighted by molar-refractivity contribution is 6.03. The molecular weight excluding hydrogens is 296 g/mol. The Labute approximate surface area is 143 Å². The van der Waals surface area contributed by atoms with Crippen molar-refractivity contribution < 1.29 is 4.79 Å². The molecule has 2 aliphatic rings. The molecule has 2 aliphatic heterocycles. The highest BCUT2D eigenvalue weighted by Gasteiger charge is 2.32. The van der Waals surface area contributed by atoms with E-state index in [4.69, 9.17) is 0 Å². The molecule has 0 saturated carbocycles. The van der Waals surface area contributed by atoms with E-state index in [-0.39, 0.29) is 11.8 Å². The number of anilines is 2. The van der Waals surface area contributed by atoms with Crippen LogP contribution in [0.15, 0.2) is 48.5 Å². The first-order valence-corrected chi connectivity index (χ1v) is 8.92. The minimum Gasteiger partial charge on any atom is -0.306 e. The molecular formula is C21H24N2O. The van der Waals surface area contributed by atoms with Crippen LogP contribution in [0.1, 0.15) is 24.0 Å². The van der Waals surface area contributed by atoms with E-state index in [1.165, 1.54) is 11.1 Å². The summed E-state index contributed by atoms with van der Waals surface area (Å²) in [5.41, 5.74) is 4.70. The topological polar surface area (TPSA) is 23.6 Å². The third-order valence-corrected chi connectivity index (χ3v) is 5.42. The van der Waals surface area contributed by atoms with Crippen LogP contribution in [0.5, 0.6) is 0 Å². The summed E-state index contributed by atoms with van der Waals surface area (Å²) in [6, 6.07) is 16.8. The van der Waals surface area contributed by atoms with Crippen LogP contribution in [0.25, 0.3) is 0 Å². The first kappa shape index (κ1) is 15.4. The zero-order valence-corrected chi connectivity index (χ0v) is 14.2. The lowest BCUT2D eigenvalue weighted by atomic mass is 9.94. The summed E-state index contributed by atoms with van der Waals surface area (Å²) in [6.07, 6.45) is 3.89. The van der Waals surface area contributed by atoms with Crippen LogP contribution >= 0.6 is 0 Å². The van der Waals surface area contributed by atoms with Gasteiger partial charge in [0, 0.05) is 5.92 Å². The molecule has 0 unspecified atom stereocenters. The number of carbonyl (C=O) groups excluding carboxylic acids is 1. The number of nitrogens with zero attached hydrogens (tertiary/aromatic N) is 2. The number of fused-ring (bicyclic) bond motifs is 2. The van der Waals surface area contributed by atoms with Crippen molar-refractivity contribution in [2.45, 2.75) is 25.7 Å². The van der Waals surface area contributed by atoms with Crippen LogP contribution in [0.4, 0.5) is 11.4 Å².